The standard InChI is InChI=1S/C15H17ClN2O2/c1-10-6-13(7-11(2)15(10)16)20-14(19)5-4-12-8-17-18(3)9-12/h6-9H,4-5H2,1-3H3. The van der Waals surface area contributed by atoms with Gasteiger partial charge in [0.25, 0.3) is 0 Å². The maximum absolute atomic E-state index is 11.8. The van der Waals surface area contributed by atoms with Gasteiger partial charge in [0.15, 0.2) is 0 Å². The van der Waals surface area contributed by atoms with Crippen molar-refractivity contribution in [2.24, 2.45) is 7.05 Å². The third-order valence-corrected chi connectivity index (χ3v) is 3.61. The van der Waals surface area contributed by atoms with Crippen molar-refractivity contribution in [2.75, 3.05) is 0 Å². The van der Waals surface area contributed by atoms with Crippen molar-refractivity contribution in [3.05, 3.63) is 46.2 Å². The maximum atomic E-state index is 11.8. The number of aryl methyl sites for hydroxylation is 4. The topological polar surface area (TPSA) is 44.1 Å². The molecule has 0 aliphatic heterocycles. The van der Waals surface area contributed by atoms with Crippen LogP contribution in [0.25, 0.3) is 0 Å². The van der Waals surface area contributed by atoms with E-state index in [1.54, 1.807) is 23.0 Å². The molecular formula is C15H17ClN2O2. The molecule has 2 aromatic rings. The van der Waals surface area contributed by atoms with Crippen LogP contribution in [0, 0.1) is 13.8 Å². The molecule has 20 heavy (non-hydrogen) atoms. The van der Waals surface area contributed by atoms with Crippen LogP contribution in [0.5, 0.6) is 5.75 Å². The summed E-state index contributed by atoms with van der Waals surface area (Å²) in [5.41, 5.74) is 2.83. The number of aromatic nitrogens is 2. The van der Waals surface area contributed by atoms with Gasteiger partial charge in [0.05, 0.1) is 12.6 Å². The first kappa shape index (κ1) is 14.6. The van der Waals surface area contributed by atoms with Crippen LogP contribution >= 0.6 is 11.6 Å². The minimum atomic E-state index is -0.255. The Morgan fingerprint density at radius 2 is 2.00 bits per heavy atom. The van der Waals surface area contributed by atoms with Crippen molar-refractivity contribution in [3.63, 3.8) is 0 Å². The molecule has 0 bridgehead atoms. The van der Waals surface area contributed by atoms with Gasteiger partial charge in [-0.05, 0) is 49.1 Å². The predicted octanol–water partition coefficient (Wildman–Crippen LogP) is 3.23. The molecule has 0 spiro atoms. The van der Waals surface area contributed by atoms with E-state index >= 15 is 0 Å². The second-order valence-electron chi connectivity index (χ2n) is 4.87. The molecule has 2 rings (SSSR count). The fourth-order valence-corrected chi connectivity index (χ4v) is 2.10. The highest BCUT2D eigenvalue weighted by atomic mass is 35.5. The lowest BCUT2D eigenvalue weighted by Crippen LogP contribution is -2.09. The van der Waals surface area contributed by atoms with E-state index in [-0.39, 0.29) is 5.97 Å². The third-order valence-electron chi connectivity index (χ3n) is 3.02. The van der Waals surface area contributed by atoms with Gasteiger partial charge in [-0.15, -0.1) is 0 Å². The number of halogens is 1. The van der Waals surface area contributed by atoms with E-state index in [1.165, 1.54) is 0 Å². The van der Waals surface area contributed by atoms with Crippen LogP contribution in [0.2, 0.25) is 5.02 Å². The molecular weight excluding hydrogens is 276 g/mol. The summed E-state index contributed by atoms with van der Waals surface area (Å²) in [5.74, 6) is 0.288. The Kier molecular flexibility index (Phi) is 4.45. The van der Waals surface area contributed by atoms with Crippen molar-refractivity contribution >= 4 is 17.6 Å². The third kappa shape index (κ3) is 3.61. The van der Waals surface area contributed by atoms with E-state index in [0.717, 1.165) is 16.7 Å². The monoisotopic (exact) mass is 292 g/mol. The Hall–Kier alpha value is -1.81. The minimum absolute atomic E-state index is 0.255. The van der Waals surface area contributed by atoms with E-state index in [1.807, 2.05) is 27.1 Å². The van der Waals surface area contributed by atoms with Gasteiger partial charge >= 0.3 is 5.97 Å². The number of benzene rings is 1. The average Bonchev–Trinajstić information content (AvgIpc) is 2.79. The lowest BCUT2D eigenvalue weighted by atomic mass is 10.1. The zero-order valence-corrected chi connectivity index (χ0v) is 12.6. The number of carbonyl (C=O) groups excluding carboxylic acids is 1. The molecule has 0 N–H and O–H groups in total. The Morgan fingerprint density at radius 3 is 2.55 bits per heavy atom. The van der Waals surface area contributed by atoms with Gasteiger partial charge in [0, 0.05) is 18.3 Å². The summed E-state index contributed by atoms with van der Waals surface area (Å²) in [6, 6.07) is 3.55. The normalized spacial score (nSPS) is 10.6. The molecule has 106 valence electrons. The molecule has 0 amide bonds. The molecule has 0 aliphatic rings. The molecule has 1 aromatic carbocycles. The second kappa shape index (κ2) is 6.09. The van der Waals surface area contributed by atoms with Gasteiger partial charge in [-0.25, -0.2) is 0 Å². The molecule has 0 saturated heterocycles. The molecule has 0 fully saturated rings. The van der Waals surface area contributed by atoms with Gasteiger partial charge in [0.2, 0.25) is 0 Å². The summed E-state index contributed by atoms with van der Waals surface area (Å²) in [6.45, 7) is 3.78. The maximum Gasteiger partial charge on any atom is 0.311 e. The first-order chi connectivity index (χ1) is 9.45. The number of rotatable bonds is 4. The number of hydrogen-bond acceptors (Lipinski definition) is 3. The average molecular weight is 293 g/mol. The van der Waals surface area contributed by atoms with E-state index in [4.69, 9.17) is 16.3 Å². The van der Waals surface area contributed by atoms with Crippen LogP contribution in [0.4, 0.5) is 0 Å². The fraction of sp³-hybridized carbons (Fsp3) is 0.333. The smallest absolute Gasteiger partial charge is 0.311 e. The van der Waals surface area contributed by atoms with Gasteiger partial charge in [-0.3, -0.25) is 9.48 Å². The molecule has 4 nitrogen and oxygen atoms in total. The summed E-state index contributed by atoms with van der Waals surface area (Å²) in [4.78, 5) is 11.8. The molecule has 0 atom stereocenters. The fourth-order valence-electron chi connectivity index (χ4n) is 1.99. The summed E-state index contributed by atoms with van der Waals surface area (Å²) in [7, 11) is 1.85. The zero-order valence-electron chi connectivity index (χ0n) is 11.8. The van der Waals surface area contributed by atoms with Gasteiger partial charge in [0.1, 0.15) is 5.75 Å². The highest BCUT2D eigenvalue weighted by Crippen LogP contribution is 2.26. The van der Waals surface area contributed by atoms with Gasteiger partial charge in [-0.1, -0.05) is 11.6 Å². The first-order valence-electron chi connectivity index (χ1n) is 6.40. The van der Waals surface area contributed by atoms with Crippen LogP contribution in [-0.2, 0) is 18.3 Å². The highest BCUT2D eigenvalue weighted by Gasteiger charge is 2.09. The zero-order chi connectivity index (χ0) is 14.7. The van der Waals surface area contributed by atoms with Crippen LogP contribution in [0.15, 0.2) is 24.5 Å². The summed E-state index contributed by atoms with van der Waals surface area (Å²) in [5, 5.41) is 4.77. The molecule has 5 heteroatoms. The molecule has 0 radical (unpaired) electrons. The Morgan fingerprint density at radius 1 is 1.35 bits per heavy atom. The number of nitrogens with zero attached hydrogens (tertiary/aromatic N) is 2. The highest BCUT2D eigenvalue weighted by molar-refractivity contribution is 6.32. The van der Waals surface area contributed by atoms with Crippen LogP contribution < -0.4 is 4.74 Å². The largest absolute Gasteiger partial charge is 0.426 e. The van der Waals surface area contributed by atoms with Crippen LogP contribution in [0.3, 0.4) is 0 Å². The SMILES string of the molecule is Cc1cc(OC(=O)CCc2cnn(C)c2)cc(C)c1Cl. The Labute approximate surface area is 123 Å². The first-order valence-corrected chi connectivity index (χ1v) is 6.78. The van der Waals surface area contributed by atoms with Crippen molar-refractivity contribution in [1.82, 2.24) is 9.78 Å². The minimum Gasteiger partial charge on any atom is -0.426 e. The quantitative estimate of drug-likeness (QED) is 0.642. The molecule has 0 unspecified atom stereocenters. The van der Waals surface area contributed by atoms with E-state index in [2.05, 4.69) is 5.10 Å². The van der Waals surface area contributed by atoms with Crippen molar-refractivity contribution < 1.29 is 9.53 Å². The Bertz CT molecular complexity index is 612. The van der Waals surface area contributed by atoms with E-state index < -0.39 is 0 Å². The Balaban J connectivity index is 1.94. The molecule has 0 aliphatic carbocycles. The lowest BCUT2D eigenvalue weighted by molar-refractivity contribution is -0.134. The summed E-state index contributed by atoms with van der Waals surface area (Å²) in [6.07, 6.45) is 4.60. The van der Waals surface area contributed by atoms with Crippen LogP contribution in [-0.4, -0.2) is 15.7 Å². The van der Waals surface area contributed by atoms with E-state index in [0.29, 0.717) is 23.6 Å². The lowest BCUT2D eigenvalue weighted by Gasteiger charge is -2.08. The van der Waals surface area contributed by atoms with Crippen molar-refractivity contribution in [3.8, 4) is 5.75 Å². The van der Waals surface area contributed by atoms with E-state index in [9.17, 15) is 4.79 Å². The number of carbonyl (C=O) groups is 1. The van der Waals surface area contributed by atoms with Gasteiger partial charge < -0.3 is 4.74 Å². The molecule has 0 saturated carbocycles. The molecule has 1 aromatic heterocycles. The molecule has 1 heterocycles. The predicted molar refractivity (Wildman–Crippen MR) is 78.1 cm³/mol. The summed E-state index contributed by atoms with van der Waals surface area (Å²) >= 11 is 6.08. The van der Waals surface area contributed by atoms with Crippen molar-refractivity contribution in [1.29, 1.82) is 0 Å². The number of hydrogen-bond donors (Lipinski definition) is 0. The number of ether oxygens (including phenoxy) is 1. The summed E-state index contributed by atoms with van der Waals surface area (Å²) < 4.78 is 7.05. The second-order valence-corrected chi connectivity index (χ2v) is 5.25. The number of esters is 1. The van der Waals surface area contributed by atoms with Crippen molar-refractivity contribution in [2.45, 2.75) is 26.7 Å². The van der Waals surface area contributed by atoms with Gasteiger partial charge in [-0.2, -0.15) is 5.10 Å². The van der Waals surface area contributed by atoms with Crippen LogP contribution in [0.1, 0.15) is 23.1 Å².